The van der Waals surface area contributed by atoms with E-state index in [4.69, 9.17) is 4.74 Å². The molecule has 8 heteroatoms. The Balaban J connectivity index is 1.86. The number of nitrogens with one attached hydrogen (secondary N) is 1. The molecule has 0 aliphatic carbocycles. The van der Waals surface area contributed by atoms with Gasteiger partial charge in [0.2, 0.25) is 5.91 Å². The van der Waals surface area contributed by atoms with Crippen LogP contribution in [0.15, 0.2) is 28.7 Å². The number of carbonyl (C=O) groups is 1. The maximum absolute atomic E-state index is 13.1. The van der Waals surface area contributed by atoms with Gasteiger partial charge in [0, 0.05) is 30.4 Å². The summed E-state index contributed by atoms with van der Waals surface area (Å²) in [6.45, 7) is 0.399. The van der Waals surface area contributed by atoms with E-state index in [-0.39, 0.29) is 38.4 Å². The van der Waals surface area contributed by atoms with Crippen LogP contribution in [0.5, 0.6) is 0 Å². The molecule has 1 aromatic rings. The van der Waals surface area contributed by atoms with Gasteiger partial charge in [0.05, 0.1) is 6.54 Å². The molecule has 1 amide bonds. The van der Waals surface area contributed by atoms with Crippen LogP contribution >= 0.6 is 15.9 Å². The molecule has 128 valence electrons. The van der Waals surface area contributed by atoms with Crippen molar-refractivity contribution in [3.8, 4) is 0 Å². The number of likely N-dealkylation sites (tertiary alicyclic amines) is 1. The van der Waals surface area contributed by atoms with Gasteiger partial charge in [-0.25, -0.2) is 0 Å². The normalized spacial score (nSPS) is 18.7. The van der Waals surface area contributed by atoms with Crippen molar-refractivity contribution in [2.24, 2.45) is 0 Å². The second-order valence-corrected chi connectivity index (χ2v) is 6.44. The minimum atomic E-state index is -4.40. The van der Waals surface area contributed by atoms with E-state index >= 15 is 0 Å². The van der Waals surface area contributed by atoms with E-state index in [2.05, 4.69) is 21.2 Å². The first-order chi connectivity index (χ1) is 10.8. The van der Waals surface area contributed by atoms with Crippen molar-refractivity contribution < 1.29 is 22.7 Å². The Bertz CT molecular complexity index is 541. The second-order valence-electron chi connectivity index (χ2n) is 5.53. The van der Waals surface area contributed by atoms with Crippen molar-refractivity contribution >= 4 is 27.5 Å². The maximum Gasteiger partial charge on any atom is 0.417 e. The van der Waals surface area contributed by atoms with Gasteiger partial charge in [-0.1, -0.05) is 15.9 Å². The first-order valence-corrected chi connectivity index (χ1v) is 7.95. The molecule has 23 heavy (non-hydrogen) atoms. The molecule has 4 nitrogen and oxygen atoms in total. The van der Waals surface area contributed by atoms with Gasteiger partial charge in [-0.3, -0.25) is 9.69 Å². The third kappa shape index (κ3) is 4.45. The summed E-state index contributed by atoms with van der Waals surface area (Å²) in [5.74, 6) is -0.246. The summed E-state index contributed by atoms with van der Waals surface area (Å²) < 4.78 is 44.9. The van der Waals surface area contributed by atoms with Crippen molar-refractivity contribution in [3.63, 3.8) is 0 Å². The summed E-state index contributed by atoms with van der Waals surface area (Å²) in [6, 6.07) is 7.09. The molecule has 1 aliphatic heterocycles. The molecule has 1 fully saturated rings. The monoisotopic (exact) mass is 394 g/mol. The Morgan fingerprint density at radius 1 is 1.30 bits per heavy atom. The molecule has 0 aromatic heterocycles. The number of carbonyl (C=O) groups excluding carboxylic acids is 1. The summed E-state index contributed by atoms with van der Waals surface area (Å²) in [7, 11) is 1.09. The quantitative estimate of drug-likeness (QED) is 0.850. The molecule has 2 rings (SSSR count). The predicted molar refractivity (Wildman–Crippen MR) is 84.2 cm³/mol. The zero-order chi connectivity index (χ0) is 17.1. The standard InChI is InChI=1S/C15H18BrF3N2O2/c1-23-14(15(17,18)19)6-8-21(9-7-14)10-13(22)20-12-4-2-11(16)3-5-12/h2-5H,6-10H2,1H3,(H,20,22). The van der Waals surface area contributed by atoms with Gasteiger partial charge >= 0.3 is 6.18 Å². The number of benzene rings is 1. The molecule has 0 spiro atoms. The lowest BCUT2D eigenvalue weighted by atomic mass is 9.90. The Kier molecular flexibility index (Phi) is 5.70. The number of alkyl halides is 3. The van der Waals surface area contributed by atoms with Crippen LogP contribution in [0.25, 0.3) is 0 Å². The topological polar surface area (TPSA) is 41.6 Å². The Labute approximate surface area is 141 Å². The minimum Gasteiger partial charge on any atom is -0.369 e. The van der Waals surface area contributed by atoms with Crippen LogP contribution < -0.4 is 5.32 Å². The fourth-order valence-corrected chi connectivity index (χ4v) is 2.88. The zero-order valence-corrected chi connectivity index (χ0v) is 14.2. The number of hydrogen-bond donors (Lipinski definition) is 1. The fourth-order valence-electron chi connectivity index (χ4n) is 2.61. The van der Waals surface area contributed by atoms with Crippen molar-refractivity contribution in [2.45, 2.75) is 24.6 Å². The minimum absolute atomic E-state index is 0.0632. The number of nitrogens with zero attached hydrogens (tertiary/aromatic N) is 1. The molecule has 0 saturated carbocycles. The number of anilines is 1. The van der Waals surface area contributed by atoms with Gasteiger partial charge in [0.1, 0.15) is 0 Å². The Hall–Kier alpha value is -1.12. The van der Waals surface area contributed by atoms with E-state index in [0.717, 1.165) is 11.6 Å². The molecule has 1 aliphatic rings. The first kappa shape index (κ1) is 18.2. The van der Waals surface area contributed by atoms with E-state index in [1.807, 2.05) is 0 Å². The third-order valence-electron chi connectivity index (χ3n) is 4.07. The molecular weight excluding hydrogens is 377 g/mol. The van der Waals surface area contributed by atoms with Crippen LogP contribution in [-0.4, -0.2) is 49.3 Å². The summed E-state index contributed by atoms with van der Waals surface area (Å²) in [5, 5.41) is 2.73. The highest BCUT2D eigenvalue weighted by Crippen LogP contribution is 2.41. The summed E-state index contributed by atoms with van der Waals surface area (Å²) >= 11 is 3.30. The average Bonchev–Trinajstić information content (AvgIpc) is 2.49. The molecule has 0 atom stereocenters. The van der Waals surface area contributed by atoms with Crippen molar-refractivity contribution in [1.82, 2.24) is 4.90 Å². The van der Waals surface area contributed by atoms with Gasteiger partial charge in [-0.2, -0.15) is 13.2 Å². The van der Waals surface area contributed by atoms with Gasteiger partial charge in [-0.05, 0) is 37.1 Å². The van der Waals surface area contributed by atoms with E-state index in [9.17, 15) is 18.0 Å². The van der Waals surface area contributed by atoms with Gasteiger partial charge in [0.25, 0.3) is 0 Å². The smallest absolute Gasteiger partial charge is 0.369 e. The molecule has 1 heterocycles. The lowest BCUT2D eigenvalue weighted by Crippen LogP contribution is -2.55. The van der Waals surface area contributed by atoms with E-state index in [1.165, 1.54) is 0 Å². The highest BCUT2D eigenvalue weighted by Gasteiger charge is 2.56. The van der Waals surface area contributed by atoms with Gasteiger partial charge in [-0.15, -0.1) is 0 Å². The maximum atomic E-state index is 13.1. The summed E-state index contributed by atoms with van der Waals surface area (Å²) in [5.41, 5.74) is -1.44. The third-order valence-corrected chi connectivity index (χ3v) is 4.59. The average molecular weight is 395 g/mol. The number of piperidine rings is 1. The molecule has 1 saturated heterocycles. The number of methoxy groups -OCH3 is 1. The number of hydrogen-bond acceptors (Lipinski definition) is 3. The van der Waals surface area contributed by atoms with Crippen LogP contribution in [0.2, 0.25) is 0 Å². The summed E-state index contributed by atoms with van der Waals surface area (Å²) in [6.07, 6.45) is -4.73. The van der Waals surface area contributed by atoms with Crippen molar-refractivity contribution in [2.75, 3.05) is 32.1 Å². The first-order valence-electron chi connectivity index (χ1n) is 7.15. The SMILES string of the molecule is COC1(C(F)(F)F)CCN(CC(=O)Nc2ccc(Br)cc2)CC1. The van der Waals surface area contributed by atoms with Crippen molar-refractivity contribution in [3.05, 3.63) is 28.7 Å². The summed E-state index contributed by atoms with van der Waals surface area (Å²) in [4.78, 5) is 13.7. The van der Waals surface area contributed by atoms with Crippen LogP contribution in [-0.2, 0) is 9.53 Å². The van der Waals surface area contributed by atoms with E-state index in [0.29, 0.717) is 5.69 Å². The lowest BCUT2D eigenvalue weighted by molar-refractivity contribution is -0.282. The van der Waals surface area contributed by atoms with Crippen LogP contribution in [0.3, 0.4) is 0 Å². The van der Waals surface area contributed by atoms with Crippen LogP contribution in [0.4, 0.5) is 18.9 Å². The number of amides is 1. The van der Waals surface area contributed by atoms with Crippen molar-refractivity contribution in [1.29, 1.82) is 0 Å². The molecule has 0 bridgehead atoms. The fraction of sp³-hybridized carbons (Fsp3) is 0.533. The molecular formula is C15H18BrF3N2O2. The largest absolute Gasteiger partial charge is 0.417 e. The molecule has 0 unspecified atom stereocenters. The predicted octanol–water partition coefficient (Wildman–Crippen LogP) is 3.43. The van der Waals surface area contributed by atoms with E-state index in [1.54, 1.807) is 29.2 Å². The van der Waals surface area contributed by atoms with Gasteiger partial charge < -0.3 is 10.1 Å². The lowest BCUT2D eigenvalue weighted by Gasteiger charge is -2.41. The zero-order valence-electron chi connectivity index (χ0n) is 12.6. The second kappa shape index (κ2) is 7.19. The number of halogens is 4. The molecule has 1 N–H and O–H groups in total. The molecule has 0 radical (unpaired) electrons. The van der Waals surface area contributed by atoms with E-state index < -0.39 is 11.8 Å². The van der Waals surface area contributed by atoms with Crippen LogP contribution in [0.1, 0.15) is 12.8 Å². The number of ether oxygens (including phenoxy) is 1. The highest BCUT2D eigenvalue weighted by atomic mass is 79.9. The Morgan fingerprint density at radius 2 is 1.87 bits per heavy atom. The highest BCUT2D eigenvalue weighted by molar-refractivity contribution is 9.10. The van der Waals surface area contributed by atoms with Crippen LogP contribution in [0, 0.1) is 0 Å². The molecule has 1 aromatic carbocycles. The van der Waals surface area contributed by atoms with Gasteiger partial charge in [0.15, 0.2) is 5.60 Å². The number of rotatable bonds is 4. The Morgan fingerprint density at radius 3 is 2.35 bits per heavy atom.